The van der Waals surface area contributed by atoms with Crippen molar-refractivity contribution in [3.05, 3.63) is 58.8 Å². The van der Waals surface area contributed by atoms with Crippen LogP contribution in [0, 0.1) is 6.92 Å². The quantitative estimate of drug-likeness (QED) is 0.664. The lowest BCUT2D eigenvalue weighted by molar-refractivity contribution is 0.919. The third kappa shape index (κ3) is 2.07. The maximum absolute atomic E-state index is 5.81. The van der Waals surface area contributed by atoms with Crippen LogP contribution in [0.4, 0.5) is 0 Å². The lowest BCUT2D eigenvalue weighted by Gasteiger charge is -2.01. The molecule has 0 bridgehead atoms. The van der Waals surface area contributed by atoms with Gasteiger partial charge in [-0.15, -0.1) is 10.2 Å². The van der Waals surface area contributed by atoms with E-state index in [0.29, 0.717) is 5.15 Å². The summed E-state index contributed by atoms with van der Waals surface area (Å²) in [7, 11) is 0. The molecule has 0 fully saturated rings. The summed E-state index contributed by atoms with van der Waals surface area (Å²) in [5.74, 6) is 0.859. The van der Waals surface area contributed by atoms with E-state index in [1.54, 1.807) is 12.4 Å². The highest BCUT2D eigenvalue weighted by molar-refractivity contribution is 6.29. The van der Waals surface area contributed by atoms with Gasteiger partial charge < -0.3 is 0 Å². The number of hydrogen-bond acceptors (Lipinski definition) is 3. The lowest BCUT2D eigenvalue weighted by atomic mass is 10.1. The molecule has 4 nitrogen and oxygen atoms in total. The topological polar surface area (TPSA) is 43.1 Å². The molecule has 3 aromatic rings. The summed E-state index contributed by atoms with van der Waals surface area (Å²) in [6, 6.07) is 10.1. The fourth-order valence-electron chi connectivity index (χ4n) is 1.83. The van der Waals surface area contributed by atoms with E-state index in [1.165, 1.54) is 11.1 Å². The summed E-state index contributed by atoms with van der Waals surface area (Å²) >= 11 is 5.81. The van der Waals surface area contributed by atoms with Crippen LogP contribution in [-0.4, -0.2) is 19.6 Å². The second-order valence-electron chi connectivity index (χ2n) is 4.22. The fraction of sp³-hybridized carbons (Fsp3) is 0.154. The van der Waals surface area contributed by atoms with Crippen molar-refractivity contribution in [3.8, 4) is 0 Å². The Morgan fingerprint density at radius 3 is 2.72 bits per heavy atom. The molecule has 0 radical (unpaired) electrons. The number of halogens is 1. The second kappa shape index (κ2) is 4.38. The van der Waals surface area contributed by atoms with Crippen molar-refractivity contribution < 1.29 is 0 Å². The summed E-state index contributed by atoms with van der Waals surface area (Å²) in [6.45, 7) is 2.07. The number of fused-ring (bicyclic) bond motifs is 1. The average molecular weight is 259 g/mol. The van der Waals surface area contributed by atoms with Gasteiger partial charge >= 0.3 is 0 Å². The van der Waals surface area contributed by atoms with E-state index >= 15 is 0 Å². The standard InChI is InChI=1S/C13H11ClN4/c1-9-2-4-10(5-3-9)6-12-16-17-13-7-11(14)15-8-18(12)13/h2-5,7-8H,6H2,1H3. The molecule has 0 aliphatic rings. The minimum atomic E-state index is 0.428. The normalized spacial score (nSPS) is 11.0. The number of rotatable bonds is 2. The van der Waals surface area contributed by atoms with Gasteiger partial charge in [0.2, 0.25) is 0 Å². The van der Waals surface area contributed by atoms with E-state index in [-0.39, 0.29) is 0 Å². The van der Waals surface area contributed by atoms with Crippen molar-refractivity contribution in [1.82, 2.24) is 19.6 Å². The molecule has 18 heavy (non-hydrogen) atoms. The molecular formula is C13H11ClN4. The largest absolute Gasteiger partial charge is 0.269 e. The maximum Gasteiger partial charge on any atom is 0.165 e. The predicted molar refractivity (Wildman–Crippen MR) is 69.8 cm³/mol. The lowest BCUT2D eigenvalue weighted by Crippen LogP contribution is -1.97. The monoisotopic (exact) mass is 258 g/mol. The SMILES string of the molecule is Cc1ccc(Cc2nnc3cc(Cl)ncn23)cc1. The van der Waals surface area contributed by atoms with Crippen molar-refractivity contribution >= 4 is 17.2 Å². The van der Waals surface area contributed by atoms with E-state index < -0.39 is 0 Å². The number of aromatic nitrogens is 4. The number of benzene rings is 1. The van der Waals surface area contributed by atoms with Crippen molar-refractivity contribution in [2.24, 2.45) is 0 Å². The molecule has 0 N–H and O–H groups in total. The summed E-state index contributed by atoms with van der Waals surface area (Å²) in [4.78, 5) is 4.04. The fourth-order valence-corrected chi connectivity index (χ4v) is 1.97. The summed E-state index contributed by atoms with van der Waals surface area (Å²) in [5, 5.41) is 8.68. The third-order valence-corrected chi connectivity index (χ3v) is 3.03. The van der Waals surface area contributed by atoms with Crippen LogP contribution in [-0.2, 0) is 6.42 Å². The van der Waals surface area contributed by atoms with Gasteiger partial charge in [-0.25, -0.2) is 4.98 Å². The average Bonchev–Trinajstić information content (AvgIpc) is 2.74. The number of aryl methyl sites for hydroxylation is 1. The second-order valence-corrected chi connectivity index (χ2v) is 4.61. The Labute approximate surface area is 109 Å². The van der Waals surface area contributed by atoms with Gasteiger partial charge in [0.25, 0.3) is 0 Å². The van der Waals surface area contributed by atoms with Crippen LogP contribution < -0.4 is 0 Å². The Bertz CT molecular complexity index is 688. The Kier molecular flexibility index (Phi) is 2.72. The molecule has 90 valence electrons. The first-order chi connectivity index (χ1) is 8.72. The molecule has 0 unspecified atom stereocenters. The van der Waals surface area contributed by atoms with Crippen LogP contribution in [0.3, 0.4) is 0 Å². The molecule has 3 rings (SSSR count). The van der Waals surface area contributed by atoms with Crippen molar-refractivity contribution in [2.75, 3.05) is 0 Å². The zero-order valence-corrected chi connectivity index (χ0v) is 10.6. The van der Waals surface area contributed by atoms with Gasteiger partial charge in [-0.05, 0) is 12.5 Å². The Morgan fingerprint density at radius 2 is 1.94 bits per heavy atom. The molecule has 2 heterocycles. The van der Waals surface area contributed by atoms with E-state index in [1.807, 2.05) is 4.40 Å². The Balaban J connectivity index is 1.97. The number of hydrogen-bond donors (Lipinski definition) is 0. The third-order valence-electron chi connectivity index (χ3n) is 2.82. The molecule has 0 saturated carbocycles. The maximum atomic E-state index is 5.81. The molecule has 2 aromatic heterocycles. The summed E-state index contributed by atoms with van der Waals surface area (Å²) < 4.78 is 1.85. The Morgan fingerprint density at radius 1 is 1.17 bits per heavy atom. The van der Waals surface area contributed by atoms with Crippen LogP contribution in [0.5, 0.6) is 0 Å². The highest BCUT2D eigenvalue weighted by atomic mass is 35.5. The summed E-state index contributed by atoms with van der Waals surface area (Å²) in [6.07, 6.45) is 2.38. The molecule has 0 saturated heterocycles. The molecule has 0 atom stereocenters. The summed E-state index contributed by atoms with van der Waals surface area (Å²) in [5.41, 5.74) is 3.17. The van der Waals surface area contributed by atoms with Gasteiger partial charge in [0.05, 0.1) is 0 Å². The molecule has 5 heteroatoms. The molecular weight excluding hydrogens is 248 g/mol. The zero-order chi connectivity index (χ0) is 12.5. The van der Waals surface area contributed by atoms with Crippen LogP contribution in [0.2, 0.25) is 5.15 Å². The van der Waals surface area contributed by atoms with Crippen molar-refractivity contribution in [2.45, 2.75) is 13.3 Å². The van der Waals surface area contributed by atoms with Crippen LogP contribution >= 0.6 is 11.6 Å². The van der Waals surface area contributed by atoms with Crippen molar-refractivity contribution in [1.29, 1.82) is 0 Å². The van der Waals surface area contributed by atoms with E-state index in [9.17, 15) is 0 Å². The molecule has 0 spiro atoms. The zero-order valence-electron chi connectivity index (χ0n) is 9.84. The predicted octanol–water partition coefficient (Wildman–Crippen LogP) is 2.68. The van der Waals surface area contributed by atoms with Crippen LogP contribution in [0.15, 0.2) is 36.7 Å². The first-order valence-corrected chi connectivity index (χ1v) is 6.01. The van der Waals surface area contributed by atoms with E-state index in [0.717, 1.165) is 17.9 Å². The molecule has 0 aliphatic heterocycles. The van der Waals surface area contributed by atoms with Gasteiger partial charge in [0.1, 0.15) is 17.3 Å². The molecule has 0 amide bonds. The highest BCUT2D eigenvalue weighted by Crippen LogP contribution is 2.12. The highest BCUT2D eigenvalue weighted by Gasteiger charge is 2.07. The van der Waals surface area contributed by atoms with Gasteiger partial charge in [-0.3, -0.25) is 4.40 Å². The smallest absolute Gasteiger partial charge is 0.165 e. The number of nitrogens with zero attached hydrogens (tertiary/aromatic N) is 4. The van der Waals surface area contributed by atoms with E-state index in [2.05, 4.69) is 46.4 Å². The van der Waals surface area contributed by atoms with Crippen LogP contribution in [0.1, 0.15) is 17.0 Å². The molecule has 0 aliphatic carbocycles. The van der Waals surface area contributed by atoms with E-state index in [4.69, 9.17) is 11.6 Å². The van der Waals surface area contributed by atoms with Gasteiger partial charge in [0, 0.05) is 12.5 Å². The Hall–Kier alpha value is -1.94. The van der Waals surface area contributed by atoms with Crippen molar-refractivity contribution in [3.63, 3.8) is 0 Å². The van der Waals surface area contributed by atoms with Gasteiger partial charge in [-0.2, -0.15) is 0 Å². The minimum Gasteiger partial charge on any atom is -0.269 e. The first-order valence-electron chi connectivity index (χ1n) is 5.63. The van der Waals surface area contributed by atoms with Crippen LogP contribution in [0.25, 0.3) is 5.65 Å². The minimum absolute atomic E-state index is 0.428. The first kappa shape index (κ1) is 11.2. The molecule has 1 aromatic carbocycles. The van der Waals surface area contributed by atoms with Gasteiger partial charge in [-0.1, -0.05) is 41.4 Å². The van der Waals surface area contributed by atoms with Gasteiger partial charge in [0.15, 0.2) is 5.65 Å².